The minimum atomic E-state index is -0.249. The van der Waals surface area contributed by atoms with Gasteiger partial charge in [0.05, 0.1) is 0 Å². The number of hydrogen-bond donors (Lipinski definition) is 0. The van der Waals surface area contributed by atoms with E-state index in [9.17, 15) is 9.18 Å². The first-order valence-electron chi connectivity index (χ1n) is 5.28. The Labute approximate surface area is 103 Å². The van der Waals surface area contributed by atoms with Crippen LogP contribution in [0.15, 0.2) is 24.3 Å². The number of aromatic nitrogens is 1. The van der Waals surface area contributed by atoms with E-state index in [1.54, 1.807) is 12.1 Å². The quantitative estimate of drug-likeness (QED) is 0.780. The number of halogens is 1. The van der Waals surface area contributed by atoms with Crippen molar-refractivity contribution < 1.29 is 9.18 Å². The number of nitrogens with zero attached hydrogens (tertiary/aromatic N) is 1. The molecule has 0 spiro atoms. The summed E-state index contributed by atoms with van der Waals surface area (Å²) in [4.78, 5) is 12.4. The van der Waals surface area contributed by atoms with E-state index in [2.05, 4.69) is 4.37 Å². The van der Waals surface area contributed by atoms with Crippen LogP contribution in [-0.4, -0.2) is 10.2 Å². The Hall–Kier alpha value is -1.55. The van der Waals surface area contributed by atoms with Gasteiger partial charge in [-0.25, -0.2) is 4.39 Å². The molecule has 0 bridgehead atoms. The van der Waals surface area contributed by atoms with E-state index in [-0.39, 0.29) is 11.6 Å². The molecular weight excluding hydrogens is 237 g/mol. The van der Waals surface area contributed by atoms with E-state index in [0.29, 0.717) is 12.1 Å². The van der Waals surface area contributed by atoms with Crippen LogP contribution in [-0.2, 0) is 6.42 Å². The van der Waals surface area contributed by atoms with E-state index in [4.69, 9.17) is 0 Å². The van der Waals surface area contributed by atoms with Crippen molar-refractivity contribution in [2.24, 2.45) is 0 Å². The number of rotatable bonds is 3. The van der Waals surface area contributed by atoms with E-state index < -0.39 is 0 Å². The third kappa shape index (κ3) is 2.58. The summed E-state index contributed by atoms with van der Waals surface area (Å²) >= 11 is 1.34. The van der Waals surface area contributed by atoms with Gasteiger partial charge in [-0.3, -0.25) is 4.79 Å². The lowest BCUT2D eigenvalue weighted by Gasteiger charge is -2.02. The van der Waals surface area contributed by atoms with E-state index >= 15 is 0 Å². The van der Waals surface area contributed by atoms with Crippen molar-refractivity contribution in [3.05, 3.63) is 51.8 Å². The SMILES string of the molecule is CC(=O)c1nsc(C)c1Cc1ccc(F)cc1. The third-order valence-electron chi connectivity index (χ3n) is 2.61. The summed E-state index contributed by atoms with van der Waals surface area (Å²) in [5.41, 5.74) is 2.48. The van der Waals surface area contributed by atoms with Crippen molar-refractivity contribution in [3.63, 3.8) is 0 Å². The molecule has 88 valence electrons. The molecule has 1 aromatic carbocycles. The van der Waals surface area contributed by atoms with Gasteiger partial charge in [0.25, 0.3) is 0 Å². The van der Waals surface area contributed by atoms with Crippen LogP contribution in [0, 0.1) is 12.7 Å². The first kappa shape index (κ1) is 11.9. The number of carbonyl (C=O) groups is 1. The van der Waals surface area contributed by atoms with Gasteiger partial charge in [0, 0.05) is 23.8 Å². The lowest BCUT2D eigenvalue weighted by atomic mass is 10.0. The van der Waals surface area contributed by atoms with Crippen molar-refractivity contribution in [2.75, 3.05) is 0 Å². The van der Waals surface area contributed by atoms with Crippen molar-refractivity contribution in [1.82, 2.24) is 4.37 Å². The van der Waals surface area contributed by atoms with E-state index in [0.717, 1.165) is 16.0 Å². The summed E-state index contributed by atoms with van der Waals surface area (Å²) in [7, 11) is 0. The normalized spacial score (nSPS) is 10.5. The van der Waals surface area contributed by atoms with Gasteiger partial charge < -0.3 is 0 Å². The van der Waals surface area contributed by atoms with E-state index in [1.165, 1.54) is 30.6 Å². The molecule has 2 aromatic rings. The maximum Gasteiger partial charge on any atom is 0.179 e. The number of carbonyl (C=O) groups excluding carboxylic acids is 1. The molecule has 0 amide bonds. The Bertz CT molecular complexity index is 545. The molecule has 0 aliphatic heterocycles. The van der Waals surface area contributed by atoms with Crippen LogP contribution in [0.25, 0.3) is 0 Å². The van der Waals surface area contributed by atoms with Gasteiger partial charge in [0.1, 0.15) is 11.5 Å². The molecule has 4 heteroatoms. The number of Topliss-reactive ketones (excluding diaryl/α,β-unsaturated/α-hetero) is 1. The summed E-state index contributed by atoms with van der Waals surface area (Å²) < 4.78 is 16.9. The topological polar surface area (TPSA) is 30.0 Å². The highest BCUT2D eigenvalue weighted by Gasteiger charge is 2.14. The number of aryl methyl sites for hydroxylation is 1. The summed E-state index contributed by atoms with van der Waals surface area (Å²) in [6.07, 6.45) is 0.623. The van der Waals surface area contributed by atoms with Gasteiger partial charge in [-0.15, -0.1) is 0 Å². The zero-order valence-corrected chi connectivity index (χ0v) is 10.5. The molecule has 0 fully saturated rings. The molecule has 2 nitrogen and oxygen atoms in total. The standard InChI is InChI=1S/C13H12FNOS/c1-8(16)13-12(9(2)17-15-13)7-10-3-5-11(14)6-4-10/h3-6H,7H2,1-2H3. The van der Waals surface area contributed by atoms with Crippen LogP contribution >= 0.6 is 11.5 Å². The average molecular weight is 249 g/mol. The number of benzene rings is 1. The zero-order valence-electron chi connectivity index (χ0n) is 9.66. The minimum Gasteiger partial charge on any atom is -0.293 e. The lowest BCUT2D eigenvalue weighted by molar-refractivity contribution is 0.101. The highest BCUT2D eigenvalue weighted by Crippen LogP contribution is 2.22. The second kappa shape index (κ2) is 4.75. The molecule has 0 unspecified atom stereocenters. The Morgan fingerprint density at radius 1 is 1.35 bits per heavy atom. The molecule has 0 aliphatic carbocycles. The first-order chi connectivity index (χ1) is 8.08. The lowest BCUT2D eigenvalue weighted by Crippen LogP contribution is -2.00. The summed E-state index contributed by atoms with van der Waals surface area (Å²) in [6, 6.07) is 6.32. The number of ketones is 1. The monoisotopic (exact) mass is 249 g/mol. The Kier molecular flexibility index (Phi) is 3.33. The predicted octanol–water partition coefficient (Wildman–Crippen LogP) is 3.38. The van der Waals surface area contributed by atoms with Crippen LogP contribution in [0.2, 0.25) is 0 Å². The van der Waals surface area contributed by atoms with Gasteiger partial charge in [-0.1, -0.05) is 12.1 Å². The Balaban J connectivity index is 2.32. The van der Waals surface area contributed by atoms with Gasteiger partial charge in [0.15, 0.2) is 5.78 Å². The molecule has 0 aliphatic rings. The maximum absolute atomic E-state index is 12.8. The van der Waals surface area contributed by atoms with Gasteiger partial charge in [-0.05, 0) is 36.2 Å². The van der Waals surface area contributed by atoms with Crippen LogP contribution in [0.3, 0.4) is 0 Å². The molecule has 0 saturated heterocycles. The van der Waals surface area contributed by atoms with Crippen molar-refractivity contribution in [2.45, 2.75) is 20.3 Å². The highest BCUT2D eigenvalue weighted by molar-refractivity contribution is 7.06. The summed E-state index contributed by atoms with van der Waals surface area (Å²) in [5.74, 6) is -0.271. The maximum atomic E-state index is 12.8. The minimum absolute atomic E-state index is 0.0218. The summed E-state index contributed by atoms with van der Waals surface area (Å²) in [5, 5.41) is 0. The smallest absolute Gasteiger partial charge is 0.179 e. The molecule has 0 saturated carbocycles. The predicted molar refractivity (Wildman–Crippen MR) is 66.1 cm³/mol. The first-order valence-corrected chi connectivity index (χ1v) is 6.06. The Morgan fingerprint density at radius 3 is 2.59 bits per heavy atom. The van der Waals surface area contributed by atoms with Crippen molar-refractivity contribution in [1.29, 1.82) is 0 Å². The molecule has 2 rings (SSSR count). The largest absolute Gasteiger partial charge is 0.293 e. The van der Waals surface area contributed by atoms with Gasteiger partial charge in [0.2, 0.25) is 0 Å². The third-order valence-corrected chi connectivity index (χ3v) is 3.41. The van der Waals surface area contributed by atoms with Crippen LogP contribution < -0.4 is 0 Å². The fourth-order valence-corrected chi connectivity index (χ4v) is 2.43. The van der Waals surface area contributed by atoms with Crippen LogP contribution in [0.5, 0.6) is 0 Å². The zero-order chi connectivity index (χ0) is 12.4. The molecular formula is C13H12FNOS. The van der Waals surface area contributed by atoms with Crippen LogP contribution in [0.1, 0.15) is 33.4 Å². The Morgan fingerprint density at radius 2 is 2.00 bits per heavy atom. The molecule has 0 N–H and O–H groups in total. The summed E-state index contributed by atoms with van der Waals surface area (Å²) in [6.45, 7) is 3.46. The molecule has 1 aromatic heterocycles. The fourth-order valence-electron chi connectivity index (χ4n) is 1.68. The second-order valence-electron chi connectivity index (χ2n) is 3.93. The highest BCUT2D eigenvalue weighted by atomic mass is 32.1. The average Bonchev–Trinajstić information content (AvgIpc) is 2.64. The van der Waals surface area contributed by atoms with Gasteiger partial charge in [-0.2, -0.15) is 4.37 Å². The second-order valence-corrected chi connectivity index (χ2v) is 4.90. The molecule has 0 radical (unpaired) electrons. The van der Waals surface area contributed by atoms with E-state index in [1.807, 2.05) is 6.92 Å². The number of hydrogen-bond acceptors (Lipinski definition) is 3. The fraction of sp³-hybridized carbons (Fsp3) is 0.231. The molecule has 0 atom stereocenters. The molecule has 17 heavy (non-hydrogen) atoms. The molecule has 1 heterocycles. The van der Waals surface area contributed by atoms with Crippen LogP contribution in [0.4, 0.5) is 4.39 Å². The van der Waals surface area contributed by atoms with Crippen molar-refractivity contribution >= 4 is 17.3 Å². The van der Waals surface area contributed by atoms with Gasteiger partial charge >= 0.3 is 0 Å². The van der Waals surface area contributed by atoms with Crippen molar-refractivity contribution in [3.8, 4) is 0 Å².